The van der Waals surface area contributed by atoms with Crippen molar-refractivity contribution in [2.45, 2.75) is 99.3 Å². The standard InChI is InChI=1S/C20H21N3O3.C19H19N3O4.C18H22BrN3O3.C16H16BrN3O2.C12H16O2.C3H7NO.ClH/c1-14(24)3-4-16-9-17-12-23(13-19(25)22-20(17)21-10-16)11-15-5-7-18(26-2)8-6-15;1-26-16-5-2-13(3-6-16)10-22-11-15-8-14(4-7-18(24)25)9-20-19(15)21-17(23)12-22;1-3-25-17(23)12-22(10-13-4-6-16(24-2)7-5-13)11-14-8-15(19)9-21-18(14)20;1-22-14-4-2-11(3-5-14)8-20-9-12-6-13(17)7-18-16(12)19-15(21)10-20;1-10(13)4-3-5-11-6-8-12(14-2)9-7-11;1-3(5)2-4;/h3-10H,11-13H2,1-2H3,(H,21,22,25);2-9H,10-12H2,1H3,(H,24,25)(H,20,21,23);4-9H,3,10-12H2,1-2H3,(H2,20,21);2-7H,8-10H2,1H3,(H,18,19,21);6-9H,3-5H2,1-2H3;2,4H2,1H3;1H/b4-3+;7-4+;;;;;. The molecule has 0 unspecified atom stereocenters. The van der Waals surface area contributed by atoms with Gasteiger partial charge >= 0.3 is 11.9 Å². The number of aryl methyl sites for hydroxylation is 1. The number of rotatable bonds is 27. The highest BCUT2D eigenvalue weighted by atomic mass is 79.9. The van der Waals surface area contributed by atoms with Crippen LogP contribution < -0.4 is 51.1 Å². The lowest BCUT2D eigenvalue weighted by Gasteiger charge is -2.22. The third-order valence-corrected chi connectivity index (χ3v) is 18.5. The average Bonchev–Trinajstić information content (AvgIpc) is 1.76. The van der Waals surface area contributed by atoms with Gasteiger partial charge in [0.05, 0.1) is 74.9 Å². The van der Waals surface area contributed by atoms with Crippen LogP contribution in [0.2, 0.25) is 0 Å². The lowest BCUT2D eigenvalue weighted by Crippen LogP contribution is -2.30. The van der Waals surface area contributed by atoms with E-state index in [1.807, 2.05) is 155 Å². The highest BCUT2D eigenvalue weighted by Gasteiger charge is 2.25. The van der Waals surface area contributed by atoms with Gasteiger partial charge in [-0.15, -0.1) is 12.4 Å². The van der Waals surface area contributed by atoms with E-state index in [9.17, 15) is 38.4 Å². The number of ether oxygens (including phenoxy) is 6. The molecular formula is C88H102Br2ClN13O15. The number of benzene rings is 5. The third-order valence-electron chi connectivity index (χ3n) is 17.6. The Morgan fingerprint density at radius 3 is 1.23 bits per heavy atom. The summed E-state index contributed by atoms with van der Waals surface area (Å²) in [5.74, 6) is 5.01. The van der Waals surface area contributed by atoms with Crippen LogP contribution in [0.1, 0.15) is 102 Å². The number of ketones is 3. The smallest absolute Gasteiger partial charge is 0.328 e. The van der Waals surface area contributed by atoms with Gasteiger partial charge in [0, 0.05) is 121 Å². The molecule has 12 rings (SSSR count). The summed E-state index contributed by atoms with van der Waals surface area (Å²) in [6.45, 7) is 12.8. The van der Waals surface area contributed by atoms with Gasteiger partial charge in [0.2, 0.25) is 17.7 Å². The van der Waals surface area contributed by atoms with Crippen LogP contribution in [0.4, 0.5) is 23.3 Å². The number of nitrogens with zero attached hydrogens (tertiary/aromatic N) is 8. The van der Waals surface area contributed by atoms with Crippen molar-refractivity contribution in [2.75, 3.05) is 96.6 Å². The number of methoxy groups -OCH3 is 5. The van der Waals surface area contributed by atoms with Gasteiger partial charge in [-0.25, -0.2) is 24.7 Å². The summed E-state index contributed by atoms with van der Waals surface area (Å²) >= 11 is 6.83. The normalized spacial score (nSPS) is 12.9. The van der Waals surface area contributed by atoms with Crippen molar-refractivity contribution in [3.8, 4) is 28.7 Å². The van der Waals surface area contributed by atoms with E-state index in [1.54, 1.807) is 74.1 Å². The van der Waals surface area contributed by atoms with Gasteiger partial charge in [0.15, 0.2) is 5.78 Å². The van der Waals surface area contributed by atoms with Crippen molar-refractivity contribution >= 4 is 127 Å². The molecule has 9 aromatic rings. The number of pyridine rings is 4. The van der Waals surface area contributed by atoms with E-state index >= 15 is 0 Å². The topological polar surface area (TPSA) is 365 Å². The number of nitrogens with two attached hydrogens (primary N) is 2. The number of aromatic nitrogens is 4. The van der Waals surface area contributed by atoms with Crippen LogP contribution in [0.25, 0.3) is 12.2 Å². The molecule has 0 aliphatic carbocycles. The fourth-order valence-electron chi connectivity index (χ4n) is 11.9. The van der Waals surface area contributed by atoms with Crippen LogP contribution in [0.5, 0.6) is 28.7 Å². The fourth-order valence-corrected chi connectivity index (χ4v) is 12.6. The maximum atomic E-state index is 12.2. The molecule has 0 bridgehead atoms. The van der Waals surface area contributed by atoms with Crippen LogP contribution in [-0.2, 0) is 102 Å². The number of carboxylic acids is 1. The Bertz CT molecular complexity index is 4730. The number of halogens is 3. The molecule has 0 atom stereocenters. The van der Waals surface area contributed by atoms with Gasteiger partial charge in [-0.2, -0.15) is 0 Å². The lowest BCUT2D eigenvalue weighted by molar-refractivity contribution is -0.144. The number of carboxylic acid groups (broad SMARTS) is 1. The van der Waals surface area contributed by atoms with Crippen LogP contribution in [0, 0.1) is 0 Å². The molecule has 28 nitrogen and oxygen atoms in total. The second-order valence-corrected chi connectivity index (χ2v) is 29.1. The van der Waals surface area contributed by atoms with E-state index in [1.165, 1.54) is 37.8 Å². The molecule has 630 valence electrons. The van der Waals surface area contributed by atoms with Crippen molar-refractivity contribution in [1.82, 2.24) is 39.5 Å². The minimum absolute atomic E-state index is 0. The van der Waals surface area contributed by atoms with Gasteiger partial charge in [-0.3, -0.25) is 48.4 Å². The van der Waals surface area contributed by atoms with E-state index in [0.717, 1.165) is 107 Å². The maximum absolute atomic E-state index is 12.2. The van der Waals surface area contributed by atoms with Crippen molar-refractivity contribution in [2.24, 2.45) is 5.73 Å². The predicted octanol–water partition coefficient (Wildman–Crippen LogP) is 13.2. The van der Waals surface area contributed by atoms with Crippen molar-refractivity contribution in [3.63, 3.8) is 0 Å². The fraction of sp³-hybridized carbons (Fsp3) is 0.295. The second-order valence-electron chi connectivity index (χ2n) is 27.3. The Morgan fingerprint density at radius 2 is 0.857 bits per heavy atom. The number of carbonyl (C=O) groups is 8. The molecule has 0 spiro atoms. The number of carbonyl (C=O) groups excluding carboxylic acids is 7. The van der Waals surface area contributed by atoms with Crippen molar-refractivity contribution < 1.29 is 71.9 Å². The van der Waals surface area contributed by atoms with E-state index in [4.69, 9.17) is 45.0 Å². The zero-order valence-electron chi connectivity index (χ0n) is 68.1. The third kappa shape index (κ3) is 35.2. The molecule has 5 aromatic carbocycles. The monoisotopic (exact) mass is 1770 g/mol. The molecule has 3 amide bonds. The first-order chi connectivity index (χ1) is 56.7. The Hall–Kier alpha value is -11.6. The first kappa shape index (κ1) is 96.2. The molecule has 7 heterocycles. The summed E-state index contributed by atoms with van der Waals surface area (Å²) in [5, 5.41) is 17.2. The SMILES string of the molecule is CC(=O)CN.CCOC(=O)CN(Cc1ccc(OC)cc1)Cc1cc(Br)cnc1N.COc1ccc(CCCC(C)=O)cc1.COc1ccc(CN2CC(=O)Nc3ncc(/C=C/C(=O)O)cc3C2)cc1.COc1ccc(CN2CC(=O)Nc3ncc(/C=C/C(C)=O)cc3C2)cc1.COc1ccc(CN2CC(=O)Nc3ncc(Br)cc3C2)cc1.Cl. The molecule has 0 saturated carbocycles. The average molecular weight is 1780 g/mol. The van der Waals surface area contributed by atoms with E-state index in [-0.39, 0.29) is 73.1 Å². The summed E-state index contributed by atoms with van der Waals surface area (Å²) in [4.78, 5) is 116. The number of nitrogens with one attached hydrogen (secondary N) is 3. The van der Waals surface area contributed by atoms with E-state index in [2.05, 4.69) is 77.5 Å². The van der Waals surface area contributed by atoms with E-state index in [0.29, 0.717) is 107 Å². The Labute approximate surface area is 716 Å². The zero-order valence-corrected chi connectivity index (χ0v) is 72.0. The van der Waals surface area contributed by atoms with Gasteiger partial charge in [-0.05, 0) is 214 Å². The number of aliphatic carboxylic acids is 1. The number of allylic oxidation sites excluding steroid dienone is 1. The molecule has 4 aromatic heterocycles. The summed E-state index contributed by atoms with van der Waals surface area (Å²) in [6, 6.07) is 46.8. The summed E-state index contributed by atoms with van der Waals surface area (Å²) in [6.07, 6.45) is 14.9. The van der Waals surface area contributed by atoms with Crippen LogP contribution >= 0.6 is 44.3 Å². The number of nitrogen functional groups attached to an aromatic ring is 1. The minimum atomic E-state index is -1.02. The zero-order chi connectivity index (χ0) is 85.5. The number of esters is 1. The largest absolute Gasteiger partial charge is 0.497 e. The minimum Gasteiger partial charge on any atom is -0.497 e. The first-order valence-corrected chi connectivity index (χ1v) is 39.2. The Kier molecular flexibility index (Phi) is 41.1. The molecule has 31 heteroatoms. The highest BCUT2D eigenvalue weighted by Crippen LogP contribution is 2.28. The second kappa shape index (κ2) is 50.9. The Balaban J connectivity index is 0.000000229. The summed E-state index contributed by atoms with van der Waals surface area (Å²) in [7, 11) is 8.19. The molecule has 0 fully saturated rings. The molecule has 0 saturated heterocycles. The highest BCUT2D eigenvalue weighted by molar-refractivity contribution is 9.10. The van der Waals surface area contributed by atoms with Gasteiger partial charge in [-0.1, -0.05) is 60.7 Å². The number of hydrogen-bond donors (Lipinski definition) is 6. The molecule has 8 N–H and O–H groups in total. The number of amides is 3. The Morgan fingerprint density at radius 1 is 0.496 bits per heavy atom. The number of Topliss-reactive ketones (excluding diaryl/α,β-unsaturated/α-hetero) is 2. The molecule has 3 aliphatic rings. The van der Waals surface area contributed by atoms with Crippen molar-refractivity contribution in [3.05, 3.63) is 253 Å². The maximum Gasteiger partial charge on any atom is 0.328 e. The number of anilines is 4. The van der Waals surface area contributed by atoms with Crippen molar-refractivity contribution in [1.29, 1.82) is 0 Å². The van der Waals surface area contributed by atoms with E-state index < -0.39 is 5.97 Å². The first-order valence-electron chi connectivity index (χ1n) is 37.6. The van der Waals surface area contributed by atoms with Gasteiger partial charge < -0.3 is 65.7 Å². The molecule has 3 aliphatic heterocycles. The number of hydrogen-bond acceptors (Lipinski definition) is 24. The molecule has 0 radical (unpaired) electrons. The predicted molar refractivity (Wildman–Crippen MR) is 468 cm³/mol. The van der Waals surface area contributed by atoms with Gasteiger partial charge in [0.25, 0.3) is 0 Å². The van der Waals surface area contributed by atoms with Gasteiger partial charge in [0.1, 0.15) is 63.6 Å². The quantitative estimate of drug-likeness (QED) is 0.0206. The summed E-state index contributed by atoms with van der Waals surface area (Å²) in [5.41, 5.74) is 21.6. The van der Waals surface area contributed by atoms with Crippen LogP contribution in [0.15, 0.2) is 191 Å². The number of fused-ring (bicyclic) bond motifs is 3. The lowest BCUT2D eigenvalue weighted by atomic mass is 10.1. The van der Waals surface area contributed by atoms with Crippen LogP contribution in [0.3, 0.4) is 0 Å². The molecular weight excluding hydrogens is 1670 g/mol. The van der Waals surface area contributed by atoms with Crippen LogP contribution in [-0.4, -0.2) is 167 Å². The summed E-state index contributed by atoms with van der Waals surface area (Å²) < 4.78 is 32.6. The molecule has 119 heavy (non-hydrogen) atoms.